The lowest BCUT2D eigenvalue weighted by Gasteiger charge is -2.39. The van der Waals surface area contributed by atoms with Crippen LogP contribution in [0.2, 0.25) is 5.02 Å². The monoisotopic (exact) mass is 755 g/mol. The molecule has 5 rings (SSSR count). The number of methoxy groups -OCH3 is 1. The standard InChI is InChI=1S/C41H44ClN3O7.C2H6/c1-7-49-36(46)22-27(2)45(5)41(3,4)43-40(47)38-37(30-18-20-31(48-6)21-19-30)39(52-44-38)32-23-33(42)35(51-26-29-16-12-9-13-17-29)24-34(32)50-25-28-14-10-8-11-15-28;1-2/h8-21,23-24,27H,7,22,25-26H2,1-6H3,(H,43,47);1-2H3. The fourth-order valence-electron chi connectivity index (χ4n) is 5.64. The fourth-order valence-corrected chi connectivity index (χ4v) is 5.86. The maximum Gasteiger partial charge on any atom is 0.307 e. The largest absolute Gasteiger partial charge is 0.497 e. The van der Waals surface area contributed by atoms with E-state index in [2.05, 4.69) is 10.5 Å². The van der Waals surface area contributed by atoms with Crippen LogP contribution in [0, 0.1) is 0 Å². The molecule has 1 atom stereocenters. The predicted molar refractivity (Wildman–Crippen MR) is 212 cm³/mol. The number of hydrogen-bond acceptors (Lipinski definition) is 9. The molecule has 0 aliphatic rings. The summed E-state index contributed by atoms with van der Waals surface area (Å²) in [5.74, 6) is 0.955. The highest BCUT2D eigenvalue weighted by Gasteiger charge is 2.34. The van der Waals surface area contributed by atoms with Gasteiger partial charge in [0, 0.05) is 12.1 Å². The first-order valence-electron chi connectivity index (χ1n) is 18.0. The number of aromatic nitrogens is 1. The molecule has 0 saturated carbocycles. The first-order chi connectivity index (χ1) is 26.0. The second-order valence-electron chi connectivity index (χ2n) is 12.8. The van der Waals surface area contributed by atoms with Crippen LogP contribution < -0.4 is 19.5 Å². The molecule has 1 amide bonds. The second kappa shape index (κ2) is 19.7. The molecule has 1 unspecified atom stereocenters. The Hall–Kier alpha value is -5.32. The molecule has 0 spiro atoms. The number of esters is 1. The summed E-state index contributed by atoms with van der Waals surface area (Å²) in [6.07, 6.45) is 0.159. The molecule has 0 fully saturated rings. The highest BCUT2D eigenvalue weighted by Crippen LogP contribution is 2.44. The number of amides is 1. The van der Waals surface area contributed by atoms with E-state index in [4.69, 9.17) is 35.1 Å². The molecule has 54 heavy (non-hydrogen) atoms. The molecule has 0 aliphatic carbocycles. The summed E-state index contributed by atoms with van der Waals surface area (Å²) in [6, 6.07) is 30.0. The van der Waals surface area contributed by atoms with Crippen molar-refractivity contribution in [1.29, 1.82) is 0 Å². The van der Waals surface area contributed by atoms with Gasteiger partial charge in [0.05, 0.1) is 41.9 Å². The van der Waals surface area contributed by atoms with Gasteiger partial charge in [-0.3, -0.25) is 14.5 Å². The van der Waals surface area contributed by atoms with Crippen LogP contribution in [0.1, 0.15) is 69.6 Å². The normalized spacial score (nSPS) is 11.6. The minimum Gasteiger partial charge on any atom is -0.497 e. The van der Waals surface area contributed by atoms with Gasteiger partial charge in [-0.2, -0.15) is 0 Å². The SMILES string of the molecule is CC.CCOC(=O)CC(C)N(C)C(C)(C)NC(=O)c1noc(-c2cc(Cl)c(OCc3ccccc3)cc2OCc2ccccc2)c1-c1ccc(OC)cc1. The van der Waals surface area contributed by atoms with Crippen molar-refractivity contribution >= 4 is 23.5 Å². The van der Waals surface area contributed by atoms with Crippen LogP contribution in [-0.2, 0) is 22.7 Å². The van der Waals surface area contributed by atoms with E-state index in [9.17, 15) is 9.59 Å². The van der Waals surface area contributed by atoms with Crippen molar-refractivity contribution in [2.75, 3.05) is 20.8 Å². The quantitative estimate of drug-likeness (QED) is 0.0777. The molecule has 0 saturated heterocycles. The number of ether oxygens (including phenoxy) is 4. The van der Waals surface area contributed by atoms with E-state index >= 15 is 0 Å². The van der Waals surface area contributed by atoms with Gasteiger partial charge in [0.25, 0.3) is 5.91 Å². The van der Waals surface area contributed by atoms with E-state index in [1.165, 1.54) is 0 Å². The third kappa shape index (κ3) is 10.6. The number of hydrogen-bond donors (Lipinski definition) is 1. The van der Waals surface area contributed by atoms with Crippen LogP contribution in [0.25, 0.3) is 22.5 Å². The van der Waals surface area contributed by atoms with Gasteiger partial charge in [-0.25, -0.2) is 0 Å². The van der Waals surface area contributed by atoms with Crippen molar-refractivity contribution in [3.05, 3.63) is 119 Å². The Morgan fingerprint density at radius 3 is 2.02 bits per heavy atom. The molecule has 1 heterocycles. The summed E-state index contributed by atoms with van der Waals surface area (Å²) < 4.78 is 29.2. The summed E-state index contributed by atoms with van der Waals surface area (Å²) in [4.78, 5) is 28.3. The molecule has 10 nitrogen and oxygen atoms in total. The number of benzene rings is 4. The number of carbonyl (C=O) groups excluding carboxylic acids is 2. The van der Waals surface area contributed by atoms with Crippen LogP contribution in [0.15, 0.2) is 102 Å². The lowest BCUT2D eigenvalue weighted by molar-refractivity contribution is -0.144. The molecule has 286 valence electrons. The Morgan fingerprint density at radius 1 is 0.889 bits per heavy atom. The maximum absolute atomic E-state index is 14.2. The summed E-state index contributed by atoms with van der Waals surface area (Å²) >= 11 is 6.87. The van der Waals surface area contributed by atoms with Crippen molar-refractivity contribution in [2.24, 2.45) is 0 Å². The predicted octanol–water partition coefficient (Wildman–Crippen LogP) is 9.59. The highest BCUT2D eigenvalue weighted by atomic mass is 35.5. The van der Waals surface area contributed by atoms with E-state index in [-0.39, 0.29) is 36.5 Å². The van der Waals surface area contributed by atoms with Crippen LogP contribution in [0.5, 0.6) is 17.2 Å². The smallest absolute Gasteiger partial charge is 0.307 e. The Balaban J connectivity index is 0.00000319. The molecule has 11 heteroatoms. The van der Waals surface area contributed by atoms with Crippen LogP contribution in [0.3, 0.4) is 0 Å². The van der Waals surface area contributed by atoms with Gasteiger partial charge in [-0.05, 0) is 69.6 Å². The molecular formula is C43H50ClN3O7. The van der Waals surface area contributed by atoms with Gasteiger partial charge in [-0.15, -0.1) is 0 Å². The van der Waals surface area contributed by atoms with E-state index in [1.807, 2.05) is 119 Å². The third-order valence-electron chi connectivity index (χ3n) is 8.77. The molecular weight excluding hydrogens is 706 g/mol. The molecule has 0 radical (unpaired) electrons. The zero-order valence-corrected chi connectivity index (χ0v) is 33.0. The molecule has 0 aliphatic heterocycles. The van der Waals surface area contributed by atoms with Gasteiger partial charge in [0.15, 0.2) is 11.5 Å². The Kier molecular flexibility index (Phi) is 15.1. The highest BCUT2D eigenvalue weighted by molar-refractivity contribution is 6.32. The molecule has 0 bridgehead atoms. The molecule has 4 aromatic carbocycles. The van der Waals surface area contributed by atoms with Gasteiger partial charge in [0.2, 0.25) is 0 Å². The average molecular weight is 756 g/mol. The van der Waals surface area contributed by atoms with Crippen LogP contribution in [0.4, 0.5) is 0 Å². The number of nitrogens with zero attached hydrogens (tertiary/aromatic N) is 2. The summed E-state index contributed by atoms with van der Waals surface area (Å²) in [5, 5.41) is 7.72. The first kappa shape index (κ1) is 41.4. The summed E-state index contributed by atoms with van der Waals surface area (Å²) in [7, 11) is 3.42. The lowest BCUT2D eigenvalue weighted by Crippen LogP contribution is -2.58. The third-order valence-corrected chi connectivity index (χ3v) is 9.06. The van der Waals surface area contributed by atoms with E-state index in [1.54, 1.807) is 38.3 Å². The number of nitrogens with one attached hydrogen (secondary N) is 1. The lowest BCUT2D eigenvalue weighted by atomic mass is 9.98. The van der Waals surface area contributed by atoms with Crippen LogP contribution in [-0.4, -0.2) is 54.4 Å². The Bertz CT molecular complexity index is 1950. The minimum absolute atomic E-state index is 0.0502. The van der Waals surface area contributed by atoms with Gasteiger partial charge >= 0.3 is 5.97 Å². The summed E-state index contributed by atoms with van der Waals surface area (Å²) in [5.41, 5.74) is 2.64. The van der Waals surface area contributed by atoms with Crippen molar-refractivity contribution in [2.45, 2.75) is 72.9 Å². The zero-order valence-electron chi connectivity index (χ0n) is 32.3. The van der Waals surface area contributed by atoms with Crippen LogP contribution >= 0.6 is 11.6 Å². The number of halogens is 1. The molecule has 1 N–H and O–H groups in total. The number of carbonyl (C=O) groups is 2. The van der Waals surface area contributed by atoms with Gasteiger partial charge in [0.1, 0.15) is 30.5 Å². The van der Waals surface area contributed by atoms with Crippen molar-refractivity contribution in [3.8, 4) is 39.7 Å². The van der Waals surface area contributed by atoms with E-state index in [0.717, 1.165) is 11.1 Å². The fraction of sp³-hybridized carbons (Fsp3) is 0.326. The van der Waals surface area contributed by atoms with Crippen molar-refractivity contribution in [1.82, 2.24) is 15.4 Å². The zero-order chi connectivity index (χ0) is 39.3. The van der Waals surface area contributed by atoms with Crippen molar-refractivity contribution in [3.63, 3.8) is 0 Å². The molecule has 1 aromatic heterocycles. The summed E-state index contributed by atoms with van der Waals surface area (Å²) in [6.45, 7) is 12.2. The van der Waals surface area contributed by atoms with Crippen molar-refractivity contribution < 1.29 is 33.1 Å². The topological polar surface area (TPSA) is 112 Å². The average Bonchev–Trinajstić information content (AvgIpc) is 3.63. The van der Waals surface area contributed by atoms with Gasteiger partial charge < -0.3 is 28.8 Å². The minimum atomic E-state index is -0.899. The maximum atomic E-state index is 14.2. The Morgan fingerprint density at radius 2 is 1.46 bits per heavy atom. The first-order valence-corrected chi connectivity index (χ1v) is 18.4. The van der Waals surface area contributed by atoms with E-state index in [0.29, 0.717) is 52.2 Å². The van der Waals surface area contributed by atoms with E-state index < -0.39 is 11.6 Å². The van der Waals surface area contributed by atoms with Gasteiger partial charge in [-0.1, -0.05) is 103 Å². The molecule has 5 aromatic rings. The second-order valence-corrected chi connectivity index (χ2v) is 13.2. The number of rotatable bonds is 16. The Labute approximate surface area is 323 Å².